The van der Waals surface area contributed by atoms with Gasteiger partial charge in [-0.05, 0) is 43.9 Å². The number of guanidine groups is 1. The first-order valence-corrected chi connectivity index (χ1v) is 10.5. The first kappa shape index (κ1) is 26.9. The molecule has 1 aromatic carbocycles. The second-order valence-electron chi connectivity index (χ2n) is 7.16. The van der Waals surface area contributed by atoms with Crippen LogP contribution in [0.25, 0.3) is 0 Å². The number of aryl methyl sites for hydroxylation is 1. The highest BCUT2D eigenvalue weighted by Crippen LogP contribution is 2.22. The number of hydrogen-bond donors (Lipinski definition) is 2. The van der Waals surface area contributed by atoms with E-state index >= 15 is 0 Å². The Labute approximate surface area is 201 Å². The zero-order valence-electron chi connectivity index (χ0n) is 18.1. The Morgan fingerprint density at radius 1 is 1.30 bits per heavy atom. The molecule has 170 valence electrons. The van der Waals surface area contributed by atoms with E-state index in [1.165, 1.54) is 0 Å². The summed E-state index contributed by atoms with van der Waals surface area (Å²) in [6.45, 7) is 5.73. The SMILES string of the molecule is CN=C(NCCC(=O)Nc1ccc(C)cc1Cl)N1CCC(OCCCOC)CC1.I. The minimum absolute atomic E-state index is 0. The molecule has 1 fully saturated rings. The first-order chi connectivity index (χ1) is 14.0. The van der Waals surface area contributed by atoms with Crippen LogP contribution in [-0.2, 0) is 14.3 Å². The minimum atomic E-state index is -0.0816. The topological polar surface area (TPSA) is 75.2 Å². The van der Waals surface area contributed by atoms with Gasteiger partial charge in [-0.25, -0.2) is 0 Å². The molecule has 0 bridgehead atoms. The molecule has 0 radical (unpaired) electrons. The lowest BCUT2D eigenvalue weighted by atomic mass is 10.1. The number of aliphatic imine (C=N–C) groups is 1. The average Bonchev–Trinajstić information content (AvgIpc) is 2.71. The maximum absolute atomic E-state index is 12.2. The van der Waals surface area contributed by atoms with Crippen LogP contribution in [-0.4, -0.2) is 69.9 Å². The van der Waals surface area contributed by atoms with Gasteiger partial charge in [0, 0.05) is 53.4 Å². The van der Waals surface area contributed by atoms with E-state index in [0.29, 0.717) is 29.8 Å². The van der Waals surface area contributed by atoms with Crippen LogP contribution < -0.4 is 10.6 Å². The Morgan fingerprint density at radius 2 is 2.03 bits per heavy atom. The molecule has 2 N–H and O–H groups in total. The molecule has 0 saturated carbocycles. The zero-order valence-corrected chi connectivity index (χ0v) is 21.2. The molecule has 2 rings (SSSR count). The van der Waals surface area contributed by atoms with Gasteiger partial charge in [0.15, 0.2) is 5.96 Å². The number of benzene rings is 1. The third-order valence-electron chi connectivity index (χ3n) is 4.83. The summed E-state index contributed by atoms with van der Waals surface area (Å²) in [6, 6.07) is 5.58. The van der Waals surface area contributed by atoms with E-state index in [1.54, 1.807) is 14.2 Å². The molecule has 0 atom stereocenters. The molecule has 1 aliphatic rings. The lowest BCUT2D eigenvalue weighted by molar-refractivity contribution is -0.116. The van der Waals surface area contributed by atoms with Crippen molar-refractivity contribution < 1.29 is 14.3 Å². The molecule has 30 heavy (non-hydrogen) atoms. The molecular formula is C21H34ClIN4O3. The van der Waals surface area contributed by atoms with Crippen LogP contribution >= 0.6 is 35.6 Å². The average molecular weight is 553 g/mol. The number of amides is 1. The highest BCUT2D eigenvalue weighted by atomic mass is 127. The number of hydrogen-bond acceptors (Lipinski definition) is 4. The second-order valence-corrected chi connectivity index (χ2v) is 7.57. The fraction of sp³-hybridized carbons (Fsp3) is 0.619. The minimum Gasteiger partial charge on any atom is -0.385 e. The first-order valence-electron chi connectivity index (χ1n) is 10.2. The summed E-state index contributed by atoms with van der Waals surface area (Å²) < 4.78 is 10.9. The van der Waals surface area contributed by atoms with Crippen molar-refractivity contribution in [1.82, 2.24) is 10.2 Å². The molecule has 1 aromatic rings. The molecule has 0 unspecified atom stereocenters. The van der Waals surface area contributed by atoms with Gasteiger partial charge in [-0.1, -0.05) is 17.7 Å². The summed E-state index contributed by atoms with van der Waals surface area (Å²) in [5.41, 5.74) is 1.70. The summed E-state index contributed by atoms with van der Waals surface area (Å²) in [5, 5.41) is 6.68. The Bertz CT molecular complexity index is 682. The molecule has 0 aliphatic carbocycles. The van der Waals surface area contributed by atoms with Crippen LogP contribution in [0.2, 0.25) is 5.02 Å². The molecule has 1 saturated heterocycles. The lowest BCUT2D eigenvalue weighted by Crippen LogP contribution is -2.47. The normalized spacial score (nSPS) is 14.9. The van der Waals surface area contributed by atoms with Gasteiger partial charge in [-0.2, -0.15) is 0 Å². The van der Waals surface area contributed by atoms with Crippen molar-refractivity contribution in [2.75, 3.05) is 52.3 Å². The number of carbonyl (C=O) groups is 1. The van der Waals surface area contributed by atoms with Crippen LogP contribution in [0.4, 0.5) is 5.69 Å². The van der Waals surface area contributed by atoms with E-state index in [-0.39, 0.29) is 29.9 Å². The molecule has 7 nitrogen and oxygen atoms in total. The highest BCUT2D eigenvalue weighted by Gasteiger charge is 2.21. The third kappa shape index (κ3) is 9.36. The van der Waals surface area contributed by atoms with Crippen molar-refractivity contribution in [1.29, 1.82) is 0 Å². The number of likely N-dealkylation sites (tertiary alicyclic amines) is 1. The summed E-state index contributed by atoms with van der Waals surface area (Å²) in [4.78, 5) is 18.8. The molecule has 0 aromatic heterocycles. The van der Waals surface area contributed by atoms with Gasteiger partial charge < -0.3 is 25.0 Å². The van der Waals surface area contributed by atoms with Gasteiger partial charge in [0.05, 0.1) is 16.8 Å². The summed E-state index contributed by atoms with van der Waals surface area (Å²) >= 11 is 6.17. The predicted octanol–water partition coefficient (Wildman–Crippen LogP) is 3.69. The molecule has 9 heteroatoms. The van der Waals surface area contributed by atoms with Crippen LogP contribution in [0, 0.1) is 6.92 Å². The summed E-state index contributed by atoms with van der Waals surface area (Å²) in [7, 11) is 3.47. The number of nitrogens with one attached hydrogen (secondary N) is 2. The maximum Gasteiger partial charge on any atom is 0.226 e. The monoisotopic (exact) mass is 552 g/mol. The summed E-state index contributed by atoms with van der Waals surface area (Å²) in [5.74, 6) is 0.742. The smallest absolute Gasteiger partial charge is 0.226 e. The van der Waals surface area contributed by atoms with Gasteiger partial charge in [0.1, 0.15) is 0 Å². The van der Waals surface area contributed by atoms with Crippen LogP contribution in [0.5, 0.6) is 0 Å². The van der Waals surface area contributed by atoms with Crippen molar-refractivity contribution in [2.45, 2.75) is 38.7 Å². The standard InChI is InChI=1S/C21H33ClN4O3.HI/c1-16-5-6-19(18(22)15-16)25-20(27)7-10-24-21(23-2)26-11-8-17(9-12-26)29-14-4-13-28-3;/h5-6,15,17H,4,7-14H2,1-3H3,(H,23,24)(H,25,27);1H. The number of methoxy groups -OCH3 is 1. The van der Waals surface area contributed by atoms with E-state index in [2.05, 4.69) is 20.5 Å². The third-order valence-corrected chi connectivity index (χ3v) is 5.15. The number of carbonyl (C=O) groups excluding carboxylic acids is 1. The number of halogens is 2. The molecule has 0 spiro atoms. The van der Waals surface area contributed by atoms with Crippen molar-refractivity contribution >= 4 is 53.1 Å². The Morgan fingerprint density at radius 3 is 2.67 bits per heavy atom. The molecule has 1 aliphatic heterocycles. The number of anilines is 1. The van der Waals surface area contributed by atoms with Crippen molar-refractivity contribution in [3.05, 3.63) is 28.8 Å². The summed E-state index contributed by atoms with van der Waals surface area (Å²) in [6.07, 6.45) is 3.50. The second kappa shape index (κ2) is 14.8. The van der Waals surface area contributed by atoms with Crippen LogP contribution in [0.1, 0.15) is 31.2 Å². The molecule has 1 amide bonds. The van der Waals surface area contributed by atoms with E-state index < -0.39 is 0 Å². The fourth-order valence-electron chi connectivity index (χ4n) is 3.24. The Hall–Kier alpha value is -1.10. The van der Waals surface area contributed by atoms with Crippen LogP contribution in [0.3, 0.4) is 0 Å². The van der Waals surface area contributed by atoms with Gasteiger partial charge in [-0.15, -0.1) is 24.0 Å². The number of nitrogens with zero attached hydrogens (tertiary/aromatic N) is 2. The fourth-order valence-corrected chi connectivity index (χ4v) is 3.52. The molecular weight excluding hydrogens is 519 g/mol. The van der Waals surface area contributed by atoms with Gasteiger partial charge in [-0.3, -0.25) is 9.79 Å². The predicted molar refractivity (Wildman–Crippen MR) is 133 cm³/mol. The molecule has 1 heterocycles. The van der Waals surface area contributed by atoms with Gasteiger partial charge in [0.25, 0.3) is 0 Å². The number of piperidine rings is 1. The largest absolute Gasteiger partial charge is 0.385 e. The van der Waals surface area contributed by atoms with Crippen molar-refractivity contribution in [2.24, 2.45) is 4.99 Å². The lowest BCUT2D eigenvalue weighted by Gasteiger charge is -2.34. The van der Waals surface area contributed by atoms with E-state index in [1.807, 2.05) is 25.1 Å². The van der Waals surface area contributed by atoms with Gasteiger partial charge >= 0.3 is 0 Å². The van der Waals surface area contributed by atoms with Crippen LogP contribution in [0.15, 0.2) is 23.2 Å². The highest BCUT2D eigenvalue weighted by molar-refractivity contribution is 14.0. The Kier molecular flexibility index (Phi) is 13.3. The number of ether oxygens (including phenoxy) is 2. The quantitative estimate of drug-likeness (QED) is 0.212. The van der Waals surface area contributed by atoms with E-state index in [4.69, 9.17) is 21.1 Å². The number of rotatable bonds is 9. The van der Waals surface area contributed by atoms with E-state index in [9.17, 15) is 4.79 Å². The Balaban J connectivity index is 0.00000450. The maximum atomic E-state index is 12.2. The van der Waals surface area contributed by atoms with Crippen molar-refractivity contribution in [3.63, 3.8) is 0 Å². The zero-order chi connectivity index (χ0) is 21.1. The van der Waals surface area contributed by atoms with Crippen molar-refractivity contribution in [3.8, 4) is 0 Å². The van der Waals surface area contributed by atoms with Gasteiger partial charge in [0.2, 0.25) is 5.91 Å². The van der Waals surface area contributed by atoms with E-state index in [0.717, 1.165) is 57.1 Å².